The number of nitro groups is 1. The zero-order chi connectivity index (χ0) is 27.9. The summed E-state index contributed by atoms with van der Waals surface area (Å²) in [5, 5.41) is 17.6. The molecule has 3 aromatic carbocycles. The molecule has 1 aromatic heterocycles. The van der Waals surface area contributed by atoms with Crippen LogP contribution in [0.15, 0.2) is 59.7 Å². The van der Waals surface area contributed by atoms with Gasteiger partial charge in [0.25, 0.3) is 5.69 Å². The van der Waals surface area contributed by atoms with E-state index in [0.29, 0.717) is 11.4 Å². The number of benzene rings is 3. The lowest BCUT2D eigenvalue weighted by Crippen LogP contribution is -2.22. The third-order valence-electron chi connectivity index (χ3n) is 6.18. The van der Waals surface area contributed by atoms with Crippen LogP contribution in [0.5, 0.6) is 5.75 Å². The monoisotopic (exact) mass is 543 g/mol. The molecule has 1 aliphatic heterocycles. The SMILES string of the molecule is COc1ccc(-c2ccc(CN3Cc4nc(-c5cccc(F)c5F)[nH]c4C=N3)c([N+](=O)[O-])c2)c(C(F)(F)F)c1. The highest BCUT2D eigenvalue weighted by Gasteiger charge is 2.35. The number of aromatic amines is 1. The number of aromatic nitrogens is 2. The molecule has 4 aromatic rings. The number of methoxy groups -OCH3 is 1. The van der Waals surface area contributed by atoms with E-state index >= 15 is 0 Å². The molecule has 0 radical (unpaired) electrons. The Hall–Kier alpha value is -4.81. The van der Waals surface area contributed by atoms with Crippen molar-refractivity contribution in [2.75, 3.05) is 7.11 Å². The Balaban J connectivity index is 1.43. The Morgan fingerprint density at radius 1 is 1.10 bits per heavy atom. The predicted molar refractivity (Wildman–Crippen MR) is 131 cm³/mol. The molecule has 200 valence electrons. The number of nitro benzene ring substituents is 1. The topological polar surface area (TPSA) is 96.7 Å². The number of fused-ring (bicyclic) bond motifs is 1. The molecule has 1 N–H and O–H groups in total. The summed E-state index contributed by atoms with van der Waals surface area (Å²) in [4.78, 5) is 18.4. The van der Waals surface area contributed by atoms with Crippen molar-refractivity contribution < 1.29 is 31.6 Å². The first-order valence-electron chi connectivity index (χ1n) is 11.4. The van der Waals surface area contributed by atoms with Gasteiger partial charge in [-0.2, -0.15) is 18.3 Å². The van der Waals surface area contributed by atoms with Crippen molar-refractivity contribution in [3.63, 3.8) is 0 Å². The maximum Gasteiger partial charge on any atom is 0.417 e. The van der Waals surface area contributed by atoms with Gasteiger partial charge in [-0.25, -0.2) is 13.8 Å². The first kappa shape index (κ1) is 25.8. The van der Waals surface area contributed by atoms with Gasteiger partial charge in [0.15, 0.2) is 11.6 Å². The molecule has 0 amide bonds. The minimum absolute atomic E-state index is 0.00110. The molecule has 0 saturated carbocycles. The molecule has 1 aliphatic rings. The summed E-state index contributed by atoms with van der Waals surface area (Å²) in [5.41, 5.74) is -0.523. The van der Waals surface area contributed by atoms with Crippen LogP contribution in [0.4, 0.5) is 27.6 Å². The Morgan fingerprint density at radius 2 is 1.90 bits per heavy atom. The van der Waals surface area contributed by atoms with E-state index in [0.717, 1.165) is 18.2 Å². The second kappa shape index (κ2) is 9.82. The van der Waals surface area contributed by atoms with Gasteiger partial charge in [0.2, 0.25) is 0 Å². The first-order chi connectivity index (χ1) is 18.5. The van der Waals surface area contributed by atoms with Gasteiger partial charge in [0.1, 0.15) is 11.6 Å². The molecule has 0 atom stereocenters. The number of H-pyrrole nitrogens is 1. The highest BCUT2D eigenvalue weighted by Crippen LogP contribution is 2.40. The van der Waals surface area contributed by atoms with Crippen molar-refractivity contribution in [3.8, 4) is 28.3 Å². The number of alkyl halides is 3. The summed E-state index contributed by atoms with van der Waals surface area (Å²) in [6.07, 6.45) is -3.31. The molecule has 2 heterocycles. The number of rotatable bonds is 6. The molecule has 0 fully saturated rings. The average molecular weight is 543 g/mol. The van der Waals surface area contributed by atoms with E-state index < -0.39 is 28.3 Å². The van der Waals surface area contributed by atoms with Gasteiger partial charge in [-0.05, 0) is 41.5 Å². The van der Waals surface area contributed by atoms with Gasteiger partial charge in [-0.15, -0.1) is 0 Å². The molecular formula is C26H18F5N5O3. The van der Waals surface area contributed by atoms with Crippen LogP contribution in [0.1, 0.15) is 22.5 Å². The number of nitrogens with zero attached hydrogens (tertiary/aromatic N) is 4. The maximum absolute atomic E-state index is 14.2. The van der Waals surface area contributed by atoms with Gasteiger partial charge >= 0.3 is 6.18 Å². The summed E-state index contributed by atoms with van der Waals surface area (Å²) in [6, 6.07) is 10.9. The van der Waals surface area contributed by atoms with Gasteiger partial charge in [0, 0.05) is 6.07 Å². The van der Waals surface area contributed by atoms with Crippen LogP contribution in [0.25, 0.3) is 22.5 Å². The van der Waals surface area contributed by atoms with Gasteiger partial charge in [-0.1, -0.05) is 18.2 Å². The van der Waals surface area contributed by atoms with E-state index in [1.54, 1.807) is 0 Å². The van der Waals surface area contributed by atoms with E-state index in [9.17, 15) is 32.1 Å². The zero-order valence-corrected chi connectivity index (χ0v) is 20.1. The van der Waals surface area contributed by atoms with Gasteiger partial charge in [-0.3, -0.25) is 15.1 Å². The quantitative estimate of drug-likeness (QED) is 0.175. The maximum atomic E-state index is 14.2. The van der Waals surface area contributed by atoms with Crippen molar-refractivity contribution in [1.82, 2.24) is 15.0 Å². The van der Waals surface area contributed by atoms with Crippen LogP contribution in [0, 0.1) is 21.7 Å². The van der Waals surface area contributed by atoms with E-state index in [4.69, 9.17) is 4.74 Å². The smallest absolute Gasteiger partial charge is 0.417 e. The largest absolute Gasteiger partial charge is 0.497 e. The molecule has 13 heteroatoms. The lowest BCUT2D eigenvalue weighted by atomic mass is 9.97. The lowest BCUT2D eigenvalue weighted by Gasteiger charge is -2.21. The fourth-order valence-electron chi connectivity index (χ4n) is 4.28. The molecule has 0 aliphatic carbocycles. The second-order valence-electron chi connectivity index (χ2n) is 8.62. The van der Waals surface area contributed by atoms with E-state index in [1.165, 1.54) is 54.7 Å². The fraction of sp³-hybridized carbons (Fsp3) is 0.154. The number of hydrogen-bond donors (Lipinski definition) is 1. The molecule has 0 saturated heterocycles. The van der Waals surface area contributed by atoms with Crippen molar-refractivity contribution in [3.05, 3.63) is 98.9 Å². The Labute approximate surface area is 217 Å². The highest BCUT2D eigenvalue weighted by atomic mass is 19.4. The molecule has 5 rings (SSSR count). The van der Waals surface area contributed by atoms with Crippen LogP contribution in [-0.4, -0.2) is 33.2 Å². The molecule has 39 heavy (non-hydrogen) atoms. The Morgan fingerprint density at radius 3 is 2.62 bits per heavy atom. The van der Waals surface area contributed by atoms with Crippen molar-refractivity contribution in [2.24, 2.45) is 5.10 Å². The van der Waals surface area contributed by atoms with Crippen LogP contribution < -0.4 is 4.74 Å². The standard InChI is InChI=1S/C26H18F5N5O3/c1-39-16-7-8-17(19(10-16)26(29,30)31)14-5-6-15(23(9-14)36(37)38)12-35-13-22-21(11-32-35)33-25(34-22)18-3-2-4-20(27)24(18)28/h2-11H,12-13H2,1H3,(H,33,34). The highest BCUT2D eigenvalue weighted by molar-refractivity contribution is 5.81. The minimum Gasteiger partial charge on any atom is -0.497 e. The van der Waals surface area contributed by atoms with Crippen molar-refractivity contribution >= 4 is 11.9 Å². The third kappa shape index (κ3) is 5.02. The molecule has 0 unspecified atom stereocenters. The van der Waals surface area contributed by atoms with E-state index in [2.05, 4.69) is 15.1 Å². The average Bonchev–Trinajstić information content (AvgIpc) is 3.32. The minimum atomic E-state index is -4.71. The summed E-state index contributed by atoms with van der Waals surface area (Å²) < 4.78 is 73.9. The Bertz CT molecular complexity index is 1620. The summed E-state index contributed by atoms with van der Waals surface area (Å²) in [5.74, 6) is -1.98. The third-order valence-corrected chi connectivity index (χ3v) is 6.18. The Kier molecular flexibility index (Phi) is 6.50. The van der Waals surface area contributed by atoms with E-state index in [-0.39, 0.29) is 52.6 Å². The number of halogens is 5. The number of imidazole rings is 1. The lowest BCUT2D eigenvalue weighted by molar-refractivity contribution is -0.385. The number of ether oxygens (including phenoxy) is 1. The zero-order valence-electron chi connectivity index (χ0n) is 20.1. The van der Waals surface area contributed by atoms with Crippen LogP contribution in [0.2, 0.25) is 0 Å². The fourth-order valence-corrected chi connectivity index (χ4v) is 4.28. The molecule has 0 spiro atoms. The summed E-state index contributed by atoms with van der Waals surface area (Å²) in [6.45, 7) is 0.0344. The van der Waals surface area contributed by atoms with Crippen molar-refractivity contribution in [1.29, 1.82) is 0 Å². The van der Waals surface area contributed by atoms with E-state index in [1.807, 2.05) is 0 Å². The number of hydrazone groups is 1. The van der Waals surface area contributed by atoms with Crippen LogP contribution in [-0.2, 0) is 19.3 Å². The predicted octanol–water partition coefficient (Wildman–Crippen LogP) is 6.31. The summed E-state index contributed by atoms with van der Waals surface area (Å²) >= 11 is 0. The molecule has 0 bridgehead atoms. The molecular weight excluding hydrogens is 525 g/mol. The normalized spacial score (nSPS) is 12.9. The first-order valence-corrected chi connectivity index (χ1v) is 11.4. The van der Waals surface area contributed by atoms with Crippen molar-refractivity contribution in [2.45, 2.75) is 19.3 Å². The van der Waals surface area contributed by atoms with Crippen LogP contribution in [0.3, 0.4) is 0 Å². The van der Waals surface area contributed by atoms with Gasteiger partial charge < -0.3 is 9.72 Å². The number of hydrogen-bond acceptors (Lipinski definition) is 6. The summed E-state index contributed by atoms with van der Waals surface area (Å²) in [7, 11) is 1.24. The number of nitrogens with one attached hydrogen (secondary N) is 1. The second-order valence-corrected chi connectivity index (χ2v) is 8.62. The molecule has 8 nitrogen and oxygen atoms in total. The van der Waals surface area contributed by atoms with Gasteiger partial charge in [0.05, 0.1) is 59.4 Å². The van der Waals surface area contributed by atoms with Crippen LogP contribution >= 0.6 is 0 Å².